The molecule has 2 aliphatic heterocycles. The monoisotopic (exact) mass is 499 g/mol. The van der Waals surface area contributed by atoms with Crippen LogP contribution < -0.4 is 0 Å². The van der Waals surface area contributed by atoms with Gasteiger partial charge in [0.15, 0.2) is 0 Å². The second-order valence-corrected chi connectivity index (χ2v) is 10.5. The van der Waals surface area contributed by atoms with E-state index in [-0.39, 0.29) is 30.0 Å². The van der Waals surface area contributed by atoms with Gasteiger partial charge in [-0.3, -0.25) is 9.59 Å². The number of thiazole rings is 1. The summed E-state index contributed by atoms with van der Waals surface area (Å²) in [4.78, 5) is 34.6. The lowest BCUT2D eigenvalue weighted by Gasteiger charge is -2.31. The standard InChI is InChI=1S/C29H26FN3O2S/c30-24-9-7-19(8-10-24)15-26(34)32-13-11-21(12-14-32)28-31-25(18-36-28)29(35)33-16-22-5-1-3-20-4-2-6-23(17-33)27(20)22/h1-10,18,21H,11-17H2. The van der Waals surface area contributed by atoms with Crippen LogP contribution in [0.4, 0.5) is 4.39 Å². The van der Waals surface area contributed by atoms with Crippen molar-refractivity contribution in [1.29, 1.82) is 0 Å². The lowest BCUT2D eigenvalue weighted by Crippen LogP contribution is -2.38. The number of nitrogens with zero attached hydrogens (tertiary/aromatic N) is 3. The molecule has 4 aromatic rings. The number of piperidine rings is 1. The molecule has 7 heteroatoms. The van der Waals surface area contributed by atoms with Gasteiger partial charge < -0.3 is 9.80 Å². The zero-order chi connectivity index (χ0) is 24.6. The number of hydrogen-bond donors (Lipinski definition) is 0. The van der Waals surface area contributed by atoms with Crippen LogP contribution in [0.15, 0.2) is 66.0 Å². The molecule has 0 atom stereocenters. The van der Waals surface area contributed by atoms with Crippen molar-refractivity contribution in [2.45, 2.75) is 38.3 Å². The van der Waals surface area contributed by atoms with Gasteiger partial charge in [-0.05, 0) is 52.4 Å². The van der Waals surface area contributed by atoms with Gasteiger partial charge in [-0.25, -0.2) is 9.37 Å². The second kappa shape index (κ2) is 9.47. The van der Waals surface area contributed by atoms with E-state index in [1.807, 2.05) is 27.3 Å². The van der Waals surface area contributed by atoms with Gasteiger partial charge in [0.1, 0.15) is 11.5 Å². The van der Waals surface area contributed by atoms with Crippen molar-refractivity contribution < 1.29 is 14.0 Å². The van der Waals surface area contributed by atoms with Gasteiger partial charge >= 0.3 is 0 Å². The third kappa shape index (κ3) is 4.39. The van der Waals surface area contributed by atoms with E-state index in [9.17, 15) is 14.0 Å². The fourth-order valence-electron chi connectivity index (χ4n) is 5.38. The van der Waals surface area contributed by atoms with Crippen molar-refractivity contribution in [2.75, 3.05) is 13.1 Å². The Hall–Kier alpha value is -3.58. The summed E-state index contributed by atoms with van der Waals surface area (Å²) >= 11 is 1.54. The van der Waals surface area contributed by atoms with Crippen LogP contribution in [0.1, 0.15) is 50.9 Å². The number of carbonyl (C=O) groups is 2. The smallest absolute Gasteiger partial charge is 0.273 e. The molecule has 3 aromatic carbocycles. The molecule has 36 heavy (non-hydrogen) atoms. The lowest BCUT2D eigenvalue weighted by molar-refractivity contribution is -0.131. The minimum Gasteiger partial charge on any atom is -0.342 e. The van der Waals surface area contributed by atoms with Crippen molar-refractivity contribution in [3.05, 3.63) is 99.3 Å². The summed E-state index contributed by atoms with van der Waals surface area (Å²) in [5.74, 6) is -0.00980. The van der Waals surface area contributed by atoms with E-state index < -0.39 is 0 Å². The fourth-order valence-corrected chi connectivity index (χ4v) is 6.34. The molecule has 0 aliphatic carbocycles. The molecule has 0 unspecified atom stereocenters. The molecule has 182 valence electrons. The molecule has 0 saturated carbocycles. The molecule has 0 bridgehead atoms. The molecule has 0 spiro atoms. The number of rotatable bonds is 4. The molecule has 6 rings (SSSR count). The van der Waals surface area contributed by atoms with E-state index in [1.165, 1.54) is 34.0 Å². The predicted octanol–water partition coefficient (Wildman–Crippen LogP) is 5.54. The average molecular weight is 500 g/mol. The molecule has 1 fully saturated rings. The Labute approximate surface area is 213 Å². The van der Waals surface area contributed by atoms with E-state index in [0.717, 1.165) is 23.4 Å². The first-order valence-corrected chi connectivity index (χ1v) is 13.2. The zero-order valence-electron chi connectivity index (χ0n) is 19.8. The molecule has 2 amide bonds. The van der Waals surface area contributed by atoms with Crippen LogP contribution in [0, 0.1) is 5.82 Å². The van der Waals surface area contributed by atoms with Gasteiger partial charge in [0.25, 0.3) is 5.91 Å². The van der Waals surface area contributed by atoms with Crippen LogP contribution in [0.3, 0.4) is 0 Å². The van der Waals surface area contributed by atoms with Crippen LogP contribution in [-0.4, -0.2) is 39.7 Å². The minimum atomic E-state index is -0.296. The molecular formula is C29H26FN3O2S. The Morgan fingerprint density at radius 3 is 2.25 bits per heavy atom. The van der Waals surface area contributed by atoms with Crippen LogP contribution in [0.5, 0.6) is 0 Å². The van der Waals surface area contributed by atoms with Crippen molar-refractivity contribution >= 4 is 33.9 Å². The summed E-state index contributed by atoms with van der Waals surface area (Å²) in [5.41, 5.74) is 3.69. The van der Waals surface area contributed by atoms with E-state index >= 15 is 0 Å². The first-order chi connectivity index (χ1) is 17.5. The SMILES string of the molecule is O=C(Cc1ccc(F)cc1)N1CCC(c2nc(C(=O)N3Cc4cccc5cccc(c45)C3)cs2)CC1. The van der Waals surface area contributed by atoms with Gasteiger partial charge in [-0.15, -0.1) is 11.3 Å². The highest BCUT2D eigenvalue weighted by Gasteiger charge is 2.28. The highest BCUT2D eigenvalue weighted by molar-refractivity contribution is 7.09. The second-order valence-electron chi connectivity index (χ2n) is 9.62. The molecule has 0 radical (unpaired) electrons. The van der Waals surface area contributed by atoms with Crippen LogP contribution in [0.2, 0.25) is 0 Å². The minimum absolute atomic E-state index is 0.0316. The maximum Gasteiger partial charge on any atom is 0.273 e. The number of aromatic nitrogens is 1. The molecule has 3 heterocycles. The zero-order valence-corrected chi connectivity index (χ0v) is 20.6. The summed E-state index contributed by atoms with van der Waals surface area (Å²) in [6.07, 6.45) is 1.94. The van der Waals surface area contributed by atoms with Gasteiger partial charge in [0.05, 0.1) is 11.4 Å². The molecule has 2 aliphatic rings. The van der Waals surface area contributed by atoms with Crippen LogP contribution in [-0.2, 0) is 24.3 Å². The summed E-state index contributed by atoms with van der Waals surface area (Å²) in [7, 11) is 0. The van der Waals surface area contributed by atoms with Gasteiger partial charge in [-0.1, -0.05) is 48.5 Å². The quantitative estimate of drug-likeness (QED) is 0.371. The molecular weight excluding hydrogens is 473 g/mol. The number of likely N-dealkylation sites (tertiary alicyclic amines) is 1. The molecule has 1 aromatic heterocycles. The fraction of sp³-hybridized carbons (Fsp3) is 0.276. The first-order valence-electron chi connectivity index (χ1n) is 12.3. The highest BCUT2D eigenvalue weighted by atomic mass is 32.1. The number of benzene rings is 3. The summed E-state index contributed by atoms with van der Waals surface area (Å²) in [6, 6.07) is 18.6. The Balaban J connectivity index is 1.08. The van der Waals surface area contributed by atoms with E-state index in [1.54, 1.807) is 23.5 Å². The Bertz CT molecular complexity index is 1400. The molecule has 1 saturated heterocycles. The van der Waals surface area contributed by atoms with Gasteiger partial charge in [-0.2, -0.15) is 0 Å². The normalized spacial score (nSPS) is 15.9. The summed E-state index contributed by atoms with van der Waals surface area (Å²) < 4.78 is 13.1. The predicted molar refractivity (Wildman–Crippen MR) is 138 cm³/mol. The molecule has 5 nitrogen and oxygen atoms in total. The van der Waals surface area contributed by atoms with E-state index in [4.69, 9.17) is 4.98 Å². The van der Waals surface area contributed by atoms with E-state index in [2.05, 4.69) is 24.3 Å². The van der Waals surface area contributed by atoms with Crippen LogP contribution in [0.25, 0.3) is 10.8 Å². The number of amides is 2. The summed E-state index contributed by atoms with van der Waals surface area (Å²) in [6.45, 7) is 2.52. The third-order valence-corrected chi connectivity index (χ3v) is 8.30. The number of hydrogen-bond acceptors (Lipinski definition) is 4. The number of carbonyl (C=O) groups excluding carboxylic acids is 2. The van der Waals surface area contributed by atoms with Crippen molar-refractivity contribution in [3.8, 4) is 0 Å². The first kappa shape index (κ1) is 22.9. The van der Waals surface area contributed by atoms with Crippen molar-refractivity contribution in [3.63, 3.8) is 0 Å². The van der Waals surface area contributed by atoms with Gasteiger partial charge in [0, 0.05) is 37.5 Å². The van der Waals surface area contributed by atoms with Crippen molar-refractivity contribution in [1.82, 2.24) is 14.8 Å². The van der Waals surface area contributed by atoms with Crippen molar-refractivity contribution in [2.24, 2.45) is 0 Å². The highest BCUT2D eigenvalue weighted by Crippen LogP contribution is 2.33. The maximum atomic E-state index is 13.4. The Morgan fingerprint density at radius 1 is 0.917 bits per heavy atom. The van der Waals surface area contributed by atoms with Gasteiger partial charge in [0.2, 0.25) is 5.91 Å². The lowest BCUT2D eigenvalue weighted by atomic mass is 9.95. The third-order valence-electron chi connectivity index (χ3n) is 7.29. The largest absolute Gasteiger partial charge is 0.342 e. The Kier molecular flexibility index (Phi) is 6.01. The topological polar surface area (TPSA) is 53.5 Å². The number of halogens is 1. The maximum absolute atomic E-state index is 13.4. The summed E-state index contributed by atoms with van der Waals surface area (Å²) in [5, 5.41) is 5.34. The Morgan fingerprint density at radius 2 is 1.58 bits per heavy atom. The molecule has 0 N–H and O–H groups in total. The van der Waals surface area contributed by atoms with E-state index in [0.29, 0.717) is 31.9 Å². The van der Waals surface area contributed by atoms with Crippen LogP contribution >= 0.6 is 11.3 Å². The average Bonchev–Trinajstić information content (AvgIpc) is 3.40.